The van der Waals surface area contributed by atoms with Crippen LogP contribution in [0.4, 0.5) is 0 Å². The van der Waals surface area contributed by atoms with Crippen molar-refractivity contribution in [2.45, 2.75) is 13.5 Å². The fourth-order valence-corrected chi connectivity index (χ4v) is 4.38. The van der Waals surface area contributed by atoms with E-state index in [2.05, 4.69) is 5.10 Å². The number of aryl methyl sites for hydroxylation is 1. The summed E-state index contributed by atoms with van der Waals surface area (Å²) >= 11 is 19.7. The number of aromatic nitrogens is 2. The third kappa shape index (κ3) is 3.63. The third-order valence-corrected chi connectivity index (χ3v) is 6.50. The molecule has 8 heteroatoms. The summed E-state index contributed by atoms with van der Waals surface area (Å²) in [5.41, 5.74) is 1.79. The Labute approximate surface area is 180 Å². The van der Waals surface area contributed by atoms with Gasteiger partial charge in [0.2, 0.25) is 0 Å². The summed E-state index contributed by atoms with van der Waals surface area (Å²) in [6.07, 6.45) is 0. The van der Waals surface area contributed by atoms with Crippen molar-refractivity contribution in [1.82, 2.24) is 9.78 Å². The lowest BCUT2D eigenvalue weighted by molar-refractivity contribution is 0.0740. The molecular weight excluding hydrogens is 439 g/mol. The predicted molar refractivity (Wildman–Crippen MR) is 114 cm³/mol. The summed E-state index contributed by atoms with van der Waals surface area (Å²) < 4.78 is 7.28. The van der Waals surface area contributed by atoms with Crippen molar-refractivity contribution in [3.8, 4) is 5.75 Å². The second-order valence-electron chi connectivity index (χ2n) is 6.11. The van der Waals surface area contributed by atoms with E-state index >= 15 is 0 Å². The summed E-state index contributed by atoms with van der Waals surface area (Å²) in [5.74, 6) is -0.264. The number of rotatable bonds is 4. The molecule has 142 valence electrons. The van der Waals surface area contributed by atoms with E-state index in [-0.39, 0.29) is 10.8 Å². The van der Waals surface area contributed by atoms with E-state index in [0.717, 1.165) is 21.5 Å². The summed E-state index contributed by atoms with van der Waals surface area (Å²) in [5, 5.41) is 6.69. The van der Waals surface area contributed by atoms with E-state index in [1.807, 2.05) is 35.9 Å². The first-order valence-electron chi connectivity index (χ1n) is 8.30. The Morgan fingerprint density at radius 3 is 2.64 bits per heavy atom. The molecule has 4 aromatic rings. The van der Waals surface area contributed by atoms with Crippen molar-refractivity contribution in [3.63, 3.8) is 0 Å². The van der Waals surface area contributed by atoms with Gasteiger partial charge < -0.3 is 4.74 Å². The standard InChI is InChI=1S/C20H13Cl3N2O2S/c1-11-13-9-17(20(26)27-16-8-4-7-15(22)18(16)23)28-19(13)25(24-11)10-12-5-2-3-6-14(12)21/h2-9H,10H2,1H3. The van der Waals surface area contributed by atoms with Gasteiger partial charge in [0.1, 0.15) is 14.7 Å². The molecule has 0 bridgehead atoms. The monoisotopic (exact) mass is 450 g/mol. The van der Waals surface area contributed by atoms with Gasteiger partial charge >= 0.3 is 5.97 Å². The van der Waals surface area contributed by atoms with Crippen LogP contribution in [0.25, 0.3) is 10.2 Å². The van der Waals surface area contributed by atoms with Gasteiger partial charge in [-0.2, -0.15) is 5.10 Å². The molecule has 0 saturated carbocycles. The Kier molecular flexibility index (Phi) is 5.34. The summed E-state index contributed by atoms with van der Waals surface area (Å²) in [6.45, 7) is 2.42. The van der Waals surface area contributed by atoms with Gasteiger partial charge in [-0.15, -0.1) is 11.3 Å². The number of halogens is 3. The average molecular weight is 452 g/mol. The maximum Gasteiger partial charge on any atom is 0.353 e. The number of carbonyl (C=O) groups is 1. The van der Waals surface area contributed by atoms with Gasteiger partial charge in [0.05, 0.1) is 17.3 Å². The van der Waals surface area contributed by atoms with Crippen LogP contribution in [0, 0.1) is 6.92 Å². The third-order valence-electron chi connectivity index (χ3n) is 4.21. The fourth-order valence-electron chi connectivity index (χ4n) is 2.82. The van der Waals surface area contributed by atoms with Crippen LogP contribution >= 0.6 is 46.1 Å². The lowest BCUT2D eigenvalue weighted by atomic mass is 10.2. The van der Waals surface area contributed by atoms with E-state index in [1.54, 1.807) is 24.3 Å². The first kappa shape index (κ1) is 19.3. The molecule has 0 unspecified atom stereocenters. The molecule has 0 amide bonds. The molecule has 0 fully saturated rings. The zero-order valence-electron chi connectivity index (χ0n) is 14.6. The van der Waals surface area contributed by atoms with Gasteiger partial charge in [-0.05, 0) is 36.8 Å². The Hall–Kier alpha value is -2.05. The molecule has 0 atom stereocenters. The number of benzene rings is 2. The fraction of sp³-hybridized carbons (Fsp3) is 0.100. The zero-order valence-corrected chi connectivity index (χ0v) is 17.7. The lowest BCUT2D eigenvalue weighted by Crippen LogP contribution is -2.07. The quantitative estimate of drug-likeness (QED) is 0.258. The summed E-state index contributed by atoms with van der Waals surface area (Å²) in [4.78, 5) is 14.0. The number of nitrogens with zero attached hydrogens (tertiary/aromatic N) is 2. The largest absolute Gasteiger partial charge is 0.421 e. The van der Waals surface area contributed by atoms with Gasteiger partial charge in [0.25, 0.3) is 0 Å². The van der Waals surface area contributed by atoms with Crippen molar-refractivity contribution in [2.75, 3.05) is 0 Å². The van der Waals surface area contributed by atoms with E-state index in [4.69, 9.17) is 39.5 Å². The van der Waals surface area contributed by atoms with Crippen molar-refractivity contribution >= 4 is 62.3 Å². The highest BCUT2D eigenvalue weighted by molar-refractivity contribution is 7.20. The van der Waals surface area contributed by atoms with E-state index in [1.165, 1.54) is 11.3 Å². The molecule has 2 heterocycles. The number of ether oxygens (including phenoxy) is 1. The van der Waals surface area contributed by atoms with Gasteiger partial charge in [-0.1, -0.05) is 59.1 Å². The van der Waals surface area contributed by atoms with Gasteiger partial charge in [0, 0.05) is 10.4 Å². The Morgan fingerprint density at radius 1 is 1.11 bits per heavy atom. The molecule has 4 nitrogen and oxygen atoms in total. The Morgan fingerprint density at radius 2 is 1.86 bits per heavy atom. The van der Waals surface area contributed by atoms with Crippen LogP contribution in [0.2, 0.25) is 15.1 Å². The van der Waals surface area contributed by atoms with E-state index in [9.17, 15) is 4.79 Å². The minimum Gasteiger partial charge on any atom is -0.421 e. The molecule has 0 spiro atoms. The van der Waals surface area contributed by atoms with E-state index in [0.29, 0.717) is 21.5 Å². The van der Waals surface area contributed by atoms with E-state index < -0.39 is 5.97 Å². The molecule has 2 aromatic heterocycles. The number of thiophene rings is 1. The highest BCUT2D eigenvalue weighted by Crippen LogP contribution is 2.34. The molecule has 28 heavy (non-hydrogen) atoms. The zero-order chi connectivity index (χ0) is 19.8. The normalized spacial score (nSPS) is 11.1. The van der Waals surface area contributed by atoms with Crippen molar-refractivity contribution < 1.29 is 9.53 Å². The molecule has 0 saturated heterocycles. The molecule has 0 aliphatic rings. The highest BCUT2D eigenvalue weighted by atomic mass is 35.5. The molecule has 0 radical (unpaired) electrons. The van der Waals surface area contributed by atoms with Crippen LogP contribution in [0.3, 0.4) is 0 Å². The maximum absolute atomic E-state index is 12.6. The molecule has 4 rings (SSSR count). The second-order valence-corrected chi connectivity index (χ2v) is 8.33. The second kappa shape index (κ2) is 7.76. The molecule has 2 aromatic carbocycles. The summed E-state index contributed by atoms with van der Waals surface area (Å²) in [7, 11) is 0. The predicted octanol–water partition coefficient (Wildman–Crippen LogP) is 6.63. The highest BCUT2D eigenvalue weighted by Gasteiger charge is 2.19. The van der Waals surface area contributed by atoms with Crippen LogP contribution in [-0.2, 0) is 6.54 Å². The van der Waals surface area contributed by atoms with Crippen molar-refractivity contribution in [1.29, 1.82) is 0 Å². The Balaban J connectivity index is 1.65. The molecule has 0 aliphatic heterocycles. The summed E-state index contributed by atoms with van der Waals surface area (Å²) in [6, 6.07) is 14.3. The molecule has 0 aliphatic carbocycles. The van der Waals surface area contributed by atoms with Gasteiger partial charge in [-0.25, -0.2) is 4.79 Å². The SMILES string of the molecule is Cc1nn(Cc2ccccc2Cl)c2sc(C(=O)Oc3cccc(Cl)c3Cl)cc12. The Bertz CT molecular complexity index is 1200. The van der Waals surface area contributed by atoms with Crippen LogP contribution in [-0.4, -0.2) is 15.7 Å². The minimum atomic E-state index is -0.492. The van der Waals surface area contributed by atoms with Gasteiger partial charge in [0.15, 0.2) is 5.75 Å². The average Bonchev–Trinajstić information content (AvgIpc) is 3.23. The number of carbonyl (C=O) groups excluding carboxylic acids is 1. The maximum atomic E-state index is 12.6. The van der Waals surface area contributed by atoms with Crippen LogP contribution in [0.1, 0.15) is 20.9 Å². The smallest absolute Gasteiger partial charge is 0.353 e. The van der Waals surface area contributed by atoms with Crippen LogP contribution in [0.15, 0.2) is 48.5 Å². The molecule has 0 N–H and O–H groups in total. The topological polar surface area (TPSA) is 44.1 Å². The minimum absolute atomic E-state index is 0.208. The van der Waals surface area contributed by atoms with Crippen molar-refractivity contribution in [2.24, 2.45) is 0 Å². The number of esters is 1. The first-order valence-corrected chi connectivity index (χ1v) is 10.3. The lowest BCUT2D eigenvalue weighted by Gasteiger charge is -2.06. The van der Waals surface area contributed by atoms with Gasteiger partial charge in [-0.3, -0.25) is 4.68 Å². The number of fused-ring (bicyclic) bond motifs is 1. The number of hydrogen-bond acceptors (Lipinski definition) is 4. The number of hydrogen-bond donors (Lipinski definition) is 0. The van der Waals surface area contributed by atoms with Crippen molar-refractivity contribution in [3.05, 3.63) is 79.7 Å². The van der Waals surface area contributed by atoms with Crippen LogP contribution < -0.4 is 4.74 Å². The molecular formula is C20H13Cl3N2O2S. The first-order chi connectivity index (χ1) is 13.4. The van der Waals surface area contributed by atoms with Crippen LogP contribution in [0.5, 0.6) is 5.75 Å².